The molecule has 1 aromatic rings. The summed E-state index contributed by atoms with van der Waals surface area (Å²) in [5.41, 5.74) is 0.518. The summed E-state index contributed by atoms with van der Waals surface area (Å²) in [5, 5.41) is 16.6. The molecule has 0 unspecified atom stereocenters. The van der Waals surface area contributed by atoms with Crippen LogP contribution in [-0.2, 0) is 4.79 Å². The van der Waals surface area contributed by atoms with Gasteiger partial charge in [0.2, 0.25) is 5.91 Å². The summed E-state index contributed by atoms with van der Waals surface area (Å²) in [6.07, 6.45) is 0.319. The molecule has 1 amide bonds. The Hall–Kier alpha value is -1.82. The van der Waals surface area contributed by atoms with Crippen molar-refractivity contribution in [3.05, 3.63) is 33.3 Å². The van der Waals surface area contributed by atoms with Gasteiger partial charge in [0.1, 0.15) is 0 Å². The number of rotatable bonds is 7. The first-order chi connectivity index (χ1) is 9.40. The first kappa shape index (κ1) is 16.2. The van der Waals surface area contributed by atoms with Crippen LogP contribution in [0.4, 0.5) is 11.4 Å². The van der Waals surface area contributed by atoms with Gasteiger partial charge in [-0.2, -0.15) is 0 Å². The molecule has 0 saturated heterocycles. The molecule has 0 atom stereocenters. The number of nitrogens with zero attached hydrogens (tertiary/aromatic N) is 1. The first-order valence-corrected chi connectivity index (χ1v) is 6.72. The maximum absolute atomic E-state index is 11.5. The van der Waals surface area contributed by atoms with Crippen LogP contribution in [0, 0.1) is 16.0 Å². The number of nitro groups is 1. The fourth-order valence-electron chi connectivity index (χ4n) is 1.48. The molecule has 0 aliphatic heterocycles. The Kier molecular flexibility index (Phi) is 6.24. The fourth-order valence-corrected chi connectivity index (χ4v) is 1.72. The van der Waals surface area contributed by atoms with Crippen molar-refractivity contribution in [3.63, 3.8) is 0 Å². The monoisotopic (exact) mass is 299 g/mol. The van der Waals surface area contributed by atoms with Crippen LogP contribution in [0.3, 0.4) is 0 Å². The number of hydrogen-bond acceptors (Lipinski definition) is 4. The van der Waals surface area contributed by atoms with Crippen LogP contribution in [0.15, 0.2) is 18.2 Å². The molecule has 0 aliphatic rings. The van der Waals surface area contributed by atoms with Gasteiger partial charge in [0, 0.05) is 31.6 Å². The second-order valence-electron chi connectivity index (χ2n) is 4.80. The van der Waals surface area contributed by atoms with Crippen molar-refractivity contribution in [1.82, 2.24) is 5.32 Å². The fraction of sp³-hybridized carbons (Fsp3) is 0.462. The van der Waals surface area contributed by atoms with Crippen molar-refractivity contribution >= 4 is 28.9 Å². The third-order valence-electron chi connectivity index (χ3n) is 2.54. The van der Waals surface area contributed by atoms with E-state index in [1.165, 1.54) is 18.2 Å². The summed E-state index contributed by atoms with van der Waals surface area (Å²) < 4.78 is 0. The maximum atomic E-state index is 11.5. The number of hydrogen-bond donors (Lipinski definition) is 2. The molecule has 1 aromatic carbocycles. The van der Waals surface area contributed by atoms with E-state index < -0.39 is 4.92 Å². The van der Waals surface area contributed by atoms with Gasteiger partial charge in [-0.1, -0.05) is 25.4 Å². The lowest BCUT2D eigenvalue weighted by Crippen LogP contribution is -2.28. The minimum atomic E-state index is -0.505. The molecule has 20 heavy (non-hydrogen) atoms. The lowest BCUT2D eigenvalue weighted by atomic mass is 10.2. The van der Waals surface area contributed by atoms with E-state index in [0.29, 0.717) is 31.1 Å². The van der Waals surface area contributed by atoms with E-state index in [2.05, 4.69) is 10.6 Å². The van der Waals surface area contributed by atoms with Gasteiger partial charge < -0.3 is 10.6 Å². The smallest absolute Gasteiger partial charge is 0.271 e. The molecule has 6 nitrogen and oxygen atoms in total. The molecule has 0 aliphatic carbocycles. The van der Waals surface area contributed by atoms with Crippen molar-refractivity contribution < 1.29 is 9.72 Å². The Balaban J connectivity index is 2.42. The number of anilines is 1. The molecule has 0 saturated carbocycles. The van der Waals surface area contributed by atoms with E-state index >= 15 is 0 Å². The number of nitro benzene ring substituents is 1. The summed E-state index contributed by atoms with van der Waals surface area (Å²) in [6, 6.07) is 4.18. The lowest BCUT2D eigenvalue weighted by Gasteiger charge is -2.10. The van der Waals surface area contributed by atoms with E-state index in [-0.39, 0.29) is 16.6 Å². The van der Waals surface area contributed by atoms with Crippen LogP contribution in [0.2, 0.25) is 5.02 Å². The molecule has 1 rings (SSSR count). The van der Waals surface area contributed by atoms with Crippen LogP contribution in [0.5, 0.6) is 0 Å². The molecule has 0 aromatic heterocycles. The van der Waals surface area contributed by atoms with Crippen molar-refractivity contribution in [2.75, 3.05) is 18.4 Å². The molecule has 0 fully saturated rings. The second-order valence-corrected chi connectivity index (χ2v) is 5.20. The topological polar surface area (TPSA) is 84.3 Å². The Morgan fingerprint density at radius 1 is 1.45 bits per heavy atom. The van der Waals surface area contributed by atoms with Gasteiger partial charge >= 0.3 is 0 Å². The predicted octanol–water partition coefficient (Wildman–Crippen LogP) is 2.82. The molecule has 110 valence electrons. The van der Waals surface area contributed by atoms with Crippen molar-refractivity contribution in [2.45, 2.75) is 20.3 Å². The minimum absolute atomic E-state index is 0.0377. The molecule has 0 heterocycles. The number of halogens is 1. The van der Waals surface area contributed by atoms with Crippen molar-refractivity contribution in [2.24, 2.45) is 5.92 Å². The predicted molar refractivity (Wildman–Crippen MR) is 79.1 cm³/mol. The number of amides is 1. The molecule has 0 bridgehead atoms. The second kappa shape index (κ2) is 7.69. The van der Waals surface area contributed by atoms with E-state index in [4.69, 9.17) is 11.6 Å². The van der Waals surface area contributed by atoms with Gasteiger partial charge in [-0.05, 0) is 12.0 Å². The van der Waals surface area contributed by atoms with Crippen LogP contribution >= 0.6 is 11.6 Å². The largest absolute Gasteiger partial charge is 0.383 e. The number of non-ortho nitro benzene ring substituents is 1. The van der Waals surface area contributed by atoms with Gasteiger partial charge in [-0.15, -0.1) is 0 Å². The molecular formula is C13H18ClN3O3. The van der Waals surface area contributed by atoms with Gasteiger partial charge in [-0.3, -0.25) is 14.9 Å². The van der Waals surface area contributed by atoms with E-state index in [9.17, 15) is 14.9 Å². The quantitative estimate of drug-likeness (QED) is 0.599. The molecule has 7 heteroatoms. The zero-order valence-corrected chi connectivity index (χ0v) is 12.2. The standard InChI is InChI=1S/C13H18ClN3O3/c1-9(2)8-16-13(18)5-6-15-12-4-3-10(17(19)20)7-11(12)14/h3-4,7,9,15H,5-6,8H2,1-2H3,(H,16,18). The van der Waals surface area contributed by atoms with Crippen molar-refractivity contribution in [1.29, 1.82) is 0 Å². The van der Waals surface area contributed by atoms with Gasteiger partial charge in [-0.25, -0.2) is 0 Å². The zero-order chi connectivity index (χ0) is 15.1. The van der Waals surface area contributed by atoms with E-state index in [0.717, 1.165) is 0 Å². The third-order valence-corrected chi connectivity index (χ3v) is 2.85. The average Bonchev–Trinajstić information content (AvgIpc) is 2.38. The van der Waals surface area contributed by atoms with E-state index in [1.807, 2.05) is 13.8 Å². The Morgan fingerprint density at radius 3 is 2.70 bits per heavy atom. The zero-order valence-electron chi connectivity index (χ0n) is 11.5. The summed E-state index contributed by atoms with van der Waals surface area (Å²) in [5.74, 6) is 0.375. The van der Waals surface area contributed by atoms with Crippen LogP contribution in [0.25, 0.3) is 0 Å². The highest BCUT2D eigenvalue weighted by atomic mass is 35.5. The summed E-state index contributed by atoms with van der Waals surface area (Å²) in [6.45, 7) is 5.11. The molecule has 0 spiro atoms. The number of carbonyl (C=O) groups is 1. The van der Waals surface area contributed by atoms with E-state index in [1.54, 1.807) is 0 Å². The molecule has 0 radical (unpaired) electrons. The number of carbonyl (C=O) groups excluding carboxylic acids is 1. The molecular weight excluding hydrogens is 282 g/mol. The third kappa shape index (κ3) is 5.44. The summed E-state index contributed by atoms with van der Waals surface area (Å²) in [4.78, 5) is 21.6. The average molecular weight is 300 g/mol. The highest BCUT2D eigenvalue weighted by molar-refractivity contribution is 6.33. The Bertz CT molecular complexity index is 492. The summed E-state index contributed by atoms with van der Waals surface area (Å²) >= 11 is 5.92. The van der Waals surface area contributed by atoms with Crippen LogP contribution in [-0.4, -0.2) is 23.9 Å². The summed E-state index contributed by atoms with van der Waals surface area (Å²) in [7, 11) is 0. The number of benzene rings is 1. The minimum Gasteiger partial charge on any atom is -0.383 e. The Morgan fingerprint density at radius 2 is 2.15 bits per heavy atom. The Labute approximate surface area is 122 Å². The highest BCUT2D eigenvalue weighted by Crippen LogP contribution is 2.26. The number of nitrogens with one attached hydrogen (secondary N) is 2. The molecule has 2 N–H and O–H groups in total. The maximum Gasteiger partial charge on any atom is 0.271 e. The van der Waals surface area contributed by atoms with Crippen molar-refractivity contribution in [3.8, 4) is 0 Å². The first-order valence-electron chi connectivity index (χ1n) is 6.34. The lowest BCUT2D eigenvalue weighted by molar-refractivity contribution is -0.384. The van der Waals surface area contributed by atoms with Gasteiger partial charge in [0.15, 0.2) is 0 Å². The highest BCUT2D eigenvalue weighted by Gasteiger charge is 2.09. The van der Waals surface area contributed by atoms with Gasteiger partial charge in [0.05, 0.1) is 15.6 Å². The normalized spacial score (nSPS) is 10.4. The van der Waals surface area contributed by atoms with Gasteiger partial charge in [0.25, 0.3) is 5.69 Å². The van der Waals surface area contributed by atoms with Crippen LogP contribution < -0.4 is 10.6 Å². The van der Waals surface area contributed by atoms with Crippen LogP contribution in [0.1, 0.15) is 20.3 Å². The SMILES string of the molecule is CC(C)CNC(=O)CCNc1ccc([N+](=O)[O-])cc1Cl.